The number of H-pyrrole nitrogens is 1. The van der Waals surface area contributed by atoms with Crippen LogP contribution in [0.1, 0.15) is 58.8 Å². The fraction of sp³-hybridized carbons (Fsp3) is 0.562. The summed E-state index contributed by atoms with van der Waals surface area (Å²) < 4.78 is 0. The fourth-order valence-electron chi connectivity index (χ4n) is 6.68. The molecule has 0 unspecified atom stereocenters. The van der Waals surface area contributed by atoms with Gasteiger partial charge in [0.1, 0.15) is 11.6 Å². The van der Waals surface area contributed by atoms with Gasteiger partial charge in [-0.15, -0.1) is 0 Å². The smallest absolute Gasteiger partial charge is 0.259 e. The number of nitrogens with one attached hydrogen (secondary N) is 2. The number of amides is 1. The van der Waals surface area contributed by atoms with Crippen LogP contribution in [0.2, 0.25) is 0 Å². The highest BCUT2D eigenvalue weighted by Crippen LogP contribution is 2.43. The molecule has 3 aromatic rings. The Labute approximate surface area is 247 Å². The number of anilines is 4. The van der Waals surface area contributed by atoms with Gasteiger partial charge in [-0.05, 0) is 68.6 Å². The van der Waals surface area contributed by atoms with E-state index in [0.29, 0.717) is 28.3 Å². The van der Waals surface area contributed by atoms with Crippen LogP contribution in [-0.4, -0.2) is 76.2 Å². The second kappa shape index (κ2) is 11.9. The van der Waals surface area contributed by atoms with E-state index in [1.807, 2.05) is 44.3 Å². The summed E-state index contributed by atoms with van der Waals surface area (Å²) >= 11 is 0. The van der Waals surface area contributed by atoms with Gasteiger partial charge < -0.3 is 30.1 Å². The van der Waals surface area contributed by atoms with Crippen LogP contribution in [0, 0.1) is 11.3 Å². The molecule has 1 spiro atoms. The third kappa shape index (κ3) is 5.82. The summed E-state index contributed by atoms with van der Waals surface area (Å²) in [6, 6.07) is 7.78. The Hall–Kier alpha value is -3.66. The highest BCUT2D eigenvalue weighted by atomic mass is 16.3. The number of piperidine rings is 2. The lowest BCUT2D eigenvalue weighted by molar-refractivity contribution is -0.132. The number of fused-ring (bicyclic) bond motifs is 1. The monoisotopic (exact) mass is 573 g/mol. The zero-order valence-electron chi connectivity index (χ0n) is 24.8. The van der Waals surface area contributed by atoms with Crippen molar-refractivity contribution in [2.24, 2.45) is 11.3 Å². The molecule has 1 saturated carbocycles. The minimum atomic E-state index is -0.216. The molecule has 42 heavy (non-hydrogen) atoms. The normalized spacial score (nSPS) is 20.5. The number of likely N-dealkylation sites (tertiary alicyclic amines) is 1. The molecule has 10 nitrogen and oxygen atoms in total. The lowest BCUT2D eigenvalue weighted by Crippen LogP contribution is -2.42. The van der Waals surface area contributed by atoms with Crippen molar-refractivity contribution in [2.75, 3.05) is 54.4 Å². The van der Waals surface area contributed by atoms with Crippen LogP contribution >= 0.6 is 0 Å². The summed E-state index contributed by atoms with van der Waals surface area (Å²) in [5.74, 6) is 2.16. The second-order valence-corrected chi connectivity index (χ2v) is 12.1. The zero-order valence-corrected chi connectivity index (χ0v) is 24.8. The average molecular weight is 574 g/mol. The zero-order chi connectivity index (χ0) is 29.3. The van der Waals surface area contributed by atoms with Crippen LogP contribution in [0.5, 0.6) is 0 Å². The van der Waals surface area contributed by atoms with E-state index in [0.717, 1.165) is 95.7 Å². The molecule has 7 rings (SSSR count). The van der Waals surface area contributed by atoms with Gasteiger partial charge in [-0.2, -0.15) is 0 Å². The topological polar surface area (TPSA) is 118 Å². The fourth-order valence-corrected chi connectivity index (χ4v) is 6.68. The maximum atomic E-state index is 12.8. The van der Waals surface area contributed by atoms with E-state index in [9.17, 15) is 14.7 Å². The van der Waals surface area contributed by atoms with Gasteiger partial charge in [0.2, 0.25) is 5.91 Å². The quantitative estimate of drug-likeness (QED) is 0.414. The summed E-state index contributed by atoms with van der Waals surface area (Å²) in [6.45, 7) is 9.17. The van der Waals surface area contributed by atoms with Crippen LogP contribution in [0.25, 0.3) is 10.9 Å². The average Bonchev–Trinajstić information content (AvgIpc) is 3.80. The molecule has 4 fully saturated rings. The van der Waals surface area contributed by atoms with E-state index in [1.165, 1.54) is 0 Å². The molecule has 10 heteroatoms. The molecular weight excluding hydrogens is 530 g/mol. The molecule has 3 N–H and O–H groups in total. The third-order valence-corrected chi connectivity index (χ3v) is 9.38. The third-order valence-electron chi connectivity index (χ3n) is 9.38. The summed E-state index contributed by atoms with van der Waals surface area (Å²) in [7, 11) is 0. The first-order chi connectivity index (χ1) is 20.5. The van der Waals surface area contributed by atoms with Gasteiger partial charge in [0.25, 0.3) is 5.56 Å². The summed E-state index contributed by atoms with van der Waals surface area (Å²) in [5.41, 5.74) is 2.39. The largest absolute Gasteiger partial charge is 0.393 e. The Morgan fingerprint density at radius 2 is 1.74 bits per heavy atom. The van der Waals surface area contributed by atoms with Gasteiger partial charge >= 0.3 is 0 Å². The molecule has 224 valence electrons. The second-order valence-electron chi connectivity index (χ2n) is 12.1. The van der Waals surface area contributed by atoms with Gasteiger partial charge in [-0.3, -0.25) is 9.59 Å². The van der Waals surface area contributed by atoms with Crippen LogP contribution in [-0.2, 0) is 4.79 Å². The summed E-state index contributed by atoms with van der Waals surface area (Å²) in [4.78, 5) is 44.4. The number of carbonyl (C=O) groups excluding carboxylic acids is 1. The number of nitrogens with zero attached hydrogens (tertiary/aromatic N) is 5. The molecule has 1 aliphatic carbocycles. The number of hydrogen-bond donors (Lipinski definition) is 3. The number of rotatable bonds is 5. The molecular formula is C32H43N7O3. The highest BCUT2D eigenvalue weighted by Gasteiger charge is 2.45. The highest BCUT2D eigenvalue weighted by molar-refractivity contribution is 5.93. The van der Waals surface area contributed by atoms with Crippen molar-refractivity contribution in [3.63, 3.8) is 0 Å². The van der Waals surface area contributed by atoms with E-state index in [-0.39, 0.29) is 23.0 Å². The van der Waals surface area contributed by atoms with Crippen molar-refractivity contribution in [3.05, 3.63) is 47.0 Å². The Balaban J connectivity index is 0.00000155. The number of pyridine rings is 3. The van der Waals surface area contributed by atoms with E-state index >= 15 is 0 Å². The van der Waals surface area contributed by atoms with Crippen molar-refractivity contribution in [1.29, 1.82) is 0 Å². The van der Waals surface area contributed by atoms with E-state index in [2.05, 4.69) is 30.0 Å². The molecule has 3 aromatic heterocycles. The summed E-state index contributed by atoms with van der Waals surface area (Å²) in [6.07, 6.45) is 10.1. The van der Waals surface area contributed by atoms with E-state index in [4.69, 9.17) is 4.98 Å². The number of aromatic nitrogens is 3. The number of carbonyl (C=O) groups is 1. The summed E-state index contributed by atoms with van der Waals surface area (Å²) in [5, 5.41) is 13.7. The van der Waals surface area contributed by atoms with Gasteiger partial charge in [0, 0.05) is 57.4 Å². The molecule has 3 saturated heterocycles. The SMILES string of the molecule is CC.O=C(C1CC1)N1CCC2(CCN(c3cc(Nc4ccc(N5CCC(O)CC5)cn4)c4c(=O)[nH]ccc4n3)CC2)C1. The van der Waals surface area contributed by atoms with Crippen molar-refractivity contribution in [3.8, 4) is 0 Å². The molecule has 0 atom stereocenters. The standard InChI is InChI=1S/C30H37N7O3.C2H6/c38-22-6-12-35(13-7-22)21-3-4-25(32-18-21)33-24-17-26(34-23-5-11-31-28(39)27(23)24)36-14-8-30(9-15-36)10-16-37(19-30)29(40)20-1-2-20;1-2/h3-5,11,17-18,20,22,38H,1-2,6-10,12-16,19H2,(H,31,39)(H,32,33,34);1-2H3. The van der Waals surface area contributed by atoms with Gasteiger partial charge in [0.15, 0.2) is 0 Å². The van der Waals surface area contributed by atoms with Gasteiger partial charge in [-0.1, -0.05) is 13.8 Å². The Morgan fingerprint density at radius 1 is 1.00 bits per heavy atom. The molecule has 6 heterocycles. The van der Waals surface area contributed by atoms with Crippen LogP contribution in [0.4, 0.5) is 23.0 Å². The molecule has 0 aromatic carbocycles. The Kier molecular flexibility index (Phi) is 8.07. The maximum absolute atomic E-state index is 12.8. The first-order valence-electron chi connectivity index (χ1n) is 15.7. The van der Waals surface area contributed by atoms with Crippen molar-refractivity contribution < 1.29 is 9.90 Å². The minimum absolute atomic E-state index is 0.188. The number of aromatic amines is 1. The van der Waals surface area contributed by atoms with Crippen molar-refractivity contribution >= 4 is 39.8 Å². The van der Waals surface area contributed by atoms with Crippen LogP contribution in [0.3, 0.4) is 0 Å². The van der Waals surface area contributed by atoms with Crippen molar-refractivity contribution in [1.82, 2.24) is 19.9 Å². The minimum Gasteiger partial charge on any atom is -0.393 e. The number of aliphatic hydroxyl groups is 1. The number of aliphatic hydroxyl groups excluding tert-OH is 1. The van der Waals surface area contributed by atoms with Crippen LogP contribution < -0.4 is 20.7 Å². The lowest BCUT2D eigenvalue weighted by Gasteiger charge is -2.40. The van der Waals surface area contributed by atoms with E-state index in [1.54, 1.807) is 6.20 Å². The Morgan fingerprint density at radius 3 is 2.43 bits per heavy atom. The van der Waals surface area contributed by atoms with Crippen molar-refractivity contribution in [2.45, 2.75) is 64.9 Å². The molecule has 4 aliphatic rings. The van der Waals surface area contributed by atoms with Crippen LogP contribution in [0.15, 0.2) is 41.5 Å². The van der Waals surface area contributed by atoms with Gasteiger partial charge in [0.05, 0.1) is 34.6 Å². The lowest BCUT2D eigenvalue weighted by atomic mass is 9.78. The maximum Gasteiger partial charge on any atom is 0.259 e. The predicted octanol–water partition coefficient (Wildman–Crippen LogP) is 4.28. The molecule has 0 bridgehead atoms. The first kappa shape index (κ1) is 28.5. The van der Waals surface area contributed by atoms with E-state index < -0.39 is 0 Å². The van der Waals surface area contributed by atoms with Gasteiger partial charge in [-0.25, -0.2) is 9.97 Å². The Bertz CT molecular complexity index is 1450. The molecule has 1 amide bonds. The molecule has 3 aliphatic heterocycles. The molecule has 0 radical (unpaired) electrons. The predicted molar refractivity (Wildman–Crippen MR) is 166 cm³/mol. The number of hydrogen-bond acceptors (Lipinski definition) is 8. The first-order valence-corrected chi connectivity index (χ1v) is 15.7.